The van der Waals surface area contributed by atoms with E-state index in [0.29, 0.717) is 30.4 Å². The predicted octanol–water partition coefficient (Wildman–Crippen LogP) is 4.68. The number of Topliss-reactive ketones (excluding diaryl/α,β-unsaturated/α-hetero) is 1. The van der Waals surface area contributed by atoms with Crippen LogP contribution >= 0.6 is 11.6 Å². The number of carbonyl (C=O) groups is 1. The number of carbonyl (C=O) groups excluding carboxylic acids is 1. The van der Waals surface area contributed by atoms with Crippen LogP contribution in [0.15, 0.2) is 42.5 Å². The molecule has 1 aliphatic carbocycles. The number of likely N-dealkylation sites (N-methyl/N-ethyl adjacent to an activating group) is 1. The second-order valence-corrected chi connectivity index (χ2v) is 7.81. The van der Waals surface area contributed by atoms with Gasteiger partial charge in [-0.05, 0) is 37.6 Å². The Hall–Kier alpha value is -1.88. The summed E-state index contributed by atoms with van der Waals surface area (Å²) in [7, 11) is 2.03. The van der Waals surface area contributed by atoms with E-state index in [2.05, 4.69) is 17.0 Å². The van der Waals surface area contributed by atoms with Crippen molar-refractivity contribution >= 4 is 17.4 Å². The van der Waals surface area contributed by atoms with Crippen LogP contribution in [0.5, 0.6) is 5.75 Å². The van der Waals surface area contributed by atoms with Gasteiger partial charge in [-0.1, -0.05) is 48.4 Å². The maximum Gasteiger partial charge on any atom is 0.189 e. The Labute approximate surface area is 165 Å². The smallest absolute Gasteiger partial charge is 0.189 e. The number of hydrogen-bond donors (Lipinski definition) is 0. The standard InChI is InChI=1S/C22H24ClNO3/c1-24(13-16-11-19(23)12-17-14-26-15-27-21(16)17)22(10-6-5-9-20(22)25)18-7-3-2-4-8-18/h2-4,7-8,11-12H,5-6,9-10,13-15H2,1H3. The summed E-state index contributed by atoms with van der Waals surface area (Å²) in [4.78, 5) is 15.4. The summed E-state index contributed by atoms with van der Waals surface area (Å²) in [6.45, 7) is 1.33. The van der Waals surface area contributed by atoms with E-state index in [9.17, 15) is 4.79 Å². The summed E-state index contributed by atoms with van der Waals surface area (Å²) >= 11 is 6.33. The van der Waals surface area contributed by atoms with Crippen LogP contribution in [0.4, 0.5) is 0 Å². The molecule has 5 heteroatoms. The van der Waals surface area contributed by atoms with Crippen LogP contribution in [-0.2, 0) is 28.2 Å². The number of nitrogens with zero attached hydrogens (tertiary/aromatic N) is 1. The first-order valence-electron chi connectivity index (χ1n) is 9.43. The van der Waals surface area contributed by atoms with Crippen molar-refractivity contribution in [3.63, 3.8) is 0 Å². The molecule has 1 fully saturated rings. The molecule has 0 N–H and O–H groups in total. The SMILES string of the molecule is CN(Cc1cc(Cl)cc2c1OCOC2)C1(c2ccccc2)CCCCC1=O. The molecule has 1 atom stereocenters. The van der Waals surface area contributed by atoms with E-state index >= 15 is 0 Å². The quantitative estimate of drug-likeness (QED) is 0.766. The van der Waals surface area contributed by atoms with Crippen LogP contribution in [0.2, 0.25) is 5.02 Å². The second kappa shape index (κ2) is 7.63. The molecule has 27 heavy (non-hydrogen) atoms. The Morgan fingerprint density at radius 1 is 1.19 bits per heavy atom. The molecule has 0 bridgehead atoms. The van der Waals surface area contributed by atoms with E-state index in [0.717, 1.165) is 41.7 Å². The van der Waals surface area contributed by atoms with E-state index in [-0.39, 0.29) is 6.79 Å². The fraction of sp³-hybridized carbons (Fsp3) is 0.409. The van der Waals surface area contributed by atoms with Gasteiger partial charge in [0.2, 0.25) is 0 Å². The van der Waals surface area contributed by atoms with Gasteiger partial charge in [-0.2, -0.15) is 0 Å². The molecule has 1 heterocycles. The highest BCUT2D eigenvalue weighted by atomic mass is 35.5. The van der Waals surface area contributed by atoms with Gasteiger partial charge in [-0.15, -0.1) is 0 Å². The number of rotatable bonds is 4. The molecule has 0 aromatic heterocycles. The lowest BCUT2D eigenvalue weighted by Crippen LogP contribution is -2.51. The van der Waals surface area contributed by atoms with Crippen molar-refractivity contribution in [2.75, 3.05) is 13.8 Å². The molecule has 0 amide bonds. The van der Waals surface area contributed by atoms with Crippen molar-refractivity contribution in [3.05, 3.63) is 64.2 Å². The highest BCUT2D eigenvalue weighted by Gasteiger charge is 2.44. The molecule has 1 aliphatic heterocycles. The van der Waals surface area contributed by atoms with Crippen LogP contribution < -0.4 is 4.74 Å². The number of hydrogen-bond acceptors (Lipinski definition) is 4. The summed E-state index contributed by atoms with van der Waals surface area (Å²) < 4.78 is 11.2. The molecule has 1 unspecified atom stereocenters. The van der Waals surface area contributed by atoms with Crippen LogP contribution in [0.3, 0.4) is 0 Å². The van der Waals surface area contributed by atoms with E-state index < -0.39 is 5.54 Å². The Balaban J connectivity index is 1.73. The molecular weight excluding hydrogens is 362 g/mol. The molecule has 4 rings (SSSR count). The molecule has 142 valence electrons. The zero-order valence-electron chi connectivity index (χ0n) is 15.5. The summed E-state index contributed by atoms with van der Waals surface area (Å²) in [5, 5.41) is 0.662. The van der Waals surface area contributed by atoms with Crippen molar-refractivity contribution in [1.29, 1.82) is 0 Å². The first kappa shape index (κ1) is 18.5. The lowest BCUT2D eigenvalue weighted by Gasteiger charge is -2.44. The lowest BCUT2D eigenvalue weighted by molar-refractivity contribution is -0.134. The van der Waals surface area contributed by atoms with Gasteiger partial charge in [0.05, 0.1) is 6.61 Å². The van der Waals surface area contributed by atoms with Crippen molar-refractivity contribution in [2.24, 2.45) is 0 Å². The Bertz CT molecular complexity index is 839. The summed E-state index contributed by atoms with van der Waals surface area (Å²) in [6.07, 6.45) is 3.47. The minimum absolute atomic E-state index is 0.244. The maximum atomic E-state index is 13.2. The molecule has 2 aliphatic rings. The zero-order chi connectivity index (χ0) is 18.9. The topological polar surface area (TPSA) is 38.8 Å². The average molecular weight is 386 g/mol. The maximum absolute atomic E-state index is 13.2. The third-order valence-corrected chi connectivity index (χ3v) is 5.93. The van der Waals surface area contributed by atoms with Gasteiger partial charge < -0.3 is 9.47 Å². The van der Waals surface area contributed by atoms with Crippen molar-refractivity contribution < 1.29 is 14.3 Å². The van der Waals surface area contributed by atoms with Crippen LogP contribution in [0, 0.1) is 0 Å². The molecular formula is C22H24ClNO3. The Morgan fingerprint density at radius 3 is 2.78 bits per heavy atom. The van der Waals surface area contributed by atoms with Crippen molar-refractivity contribution in [1.82, 2.24) is 4.90 Å². The summed E-state index contributed by atoms with van der Waals surface area (Å²) in [6, 6.07) is 14.0. The van der Waals surface area contributed by atoms with E-state index in [1.165, 1.54) is 0 Å². The normalized spacial score (nSPS) is 22.4. The first-order valence-corrected chi connectivity index (χ1v) is 9.81. The Kier molecular flexibility index (Phi) is 5.22. The highest BCUT2D eigenvalue weighted by molar-refractivity contribution is 6.30. The number of fused-ring (bicyclic) bond motifs is 1. The van der Waals surface area contributed by atoms with E-state index in [1.54, 1.807) is 0 Å². The summed E-state index contributed by atoms with van der Waals surface area (Å²) in [5.41, 5.74) is 2.43. The molecule has 0 saturated heterocycles. The van der Waals surface area contributed by atoms with E-state index in [4.69, 9.17) is 21.1 Å². The van der Waals surface area contributed by atoms with Gasteiger partial charge in [-0.25, -0.2) is 0 Å². The van der Waals surface area contributed by atoms with Gasteiger partial charge in [0, 0.05) is 29.1 Å². The molecule has 2 aromatic carbocycles. The van der Waals surface area contributed by atoms with Crippen LogP contribution in [0.25, 0.3) is 0 Å². The Morgan fingerprint density at radius 2 is 2.00 bits per heavy atom. The number of benzene rings is 2. The van der Waals surface area contributed by atoms with Gasteiger partial charge in [-0.3, -0.25) is 9.69 Å². The molecule has 0 radical (unpaired) electrons. The molecule has 1 saturated carbocycles. The number of halogens is 1. The molecule has 2 aromatic rings. The lowest BCUT2D eigenvalue weighted by atomic mass is 9.74. The monoisotopic (exact) mass is 385 g/mol. The molecule has 4 nitrogen and oxygen atoms in total. The molecule has 0 spiro atoms. The zero-order valence-corrected chi connectivity index (χ0v) is 16.3. The van der Waals surface area contributed by atoms with Crippen molar-refractivity contribution in [3.8, 4) is 5.75 Å². The van der Waals surface area contributed by atoms with Gasteiger partial charge in [0.15, 0.2) is 12.6 Å². The fourth-order valence-corrected chi connectivity index (χ4v) is 4.68. The van der Waals surface area contributed by atoms with E-state index in [1.807, 2.05) is 37.4 Å². The van der Waals surface area contributed by atoms with Gasteiger partial charge in [0.25, 0.3) is 0 Å². The minimum Gasteiger partial charge on any atom is -0.467 e. The predicted molar refractivity (Wildman–Crippen MR) is 105 cm³/mol. The highest BCUT2D eigenvalue weighted by Crippen LogP contribution is 2.41. The van der Waals surface area contributed by atoms with Gasteiger partial charge >= 0.3 is 0 Å². The third kappa shape index (κ3) is 3.38. The average Bonchev–Trinajstić information content (AvgIpc) is 2.69. The van der Waals surface area contributed by atoms with Gasteiger partial charge in [0.1, 0.15) is 11.3 Å². The minimum atomic E-state index is -0.597. The fourth-order valence-electron chi connectivity index (χ4n) is 4.42. The van der Waals surface area contributed by atoms with Crippen LogP contribution in [0.1, 0.15) is 42.4 Å². The summed E-state index contributed by atoms with van der Waals surface area (Å²) in [5.74, 6) is 1.13. The van der Waals surface area contributed by atoms with Crippen molar-refractivity contribution in [2.45, 2.75) is 44.4 Å². The largest absolute Gasteiger partial charge is 0.467 e. The van der Waals surface area contributed by atoms with Crippen LogP contribution in [-0.4, -0.2) is 24.5 Å². The second-order valence-electron chi connectivity index (χ2n) is 7.38. The third-order valence-electron chi connectivity index (χ3n) is 5.72. The first-order chi connectivity index (χ1) is 13.1. The number of ether oxygens (including phenoxy) is 2. The number of ketones is 1.